The molecule has 17 heavy (non-hydrogen) atoms. The van der Waals surface area contributed by atoms with Crippen LogP contribution in [0.4, 0.5) is 5.69 Å². The number of methoxy groups -OCH3 is 1. The van der Waals surface area contributed by atoms with Gasteiger partial charge in [-0.2, -0.15) is 0 Å². The third-order valence-electron chi connectivity index (χ3n) is 2.76. The van der Waals surface area contributed by atoms with Crippen molar-refractivity contribution in [3.05, 3.63) is 23.8 Å². The second kappa shape index (κ2) is 5.41. The smallest absolute Gasteiger partial charge is 0.142 e. The Bertz CT molecular complexity index is 372. The van der Waals surface area contributed by atoms with Crippen molar-refractivity contribution in [2.75, 3.05) is 19.0 Å². The van der Waals surface area contributed by atoms with E-state index in [0.29, 0.717) is 5.92 Å². The molecule has 0 saturated carbocycles. The molecule has 0 aliphatic carbocycles. The largest absolute Gasteiger partial charge is 0.495 e. The molecule has 1 rings (SSSR count). The molecule has 0 aromatic heterocycles. The zero-order chi connectivity index (χ0) is 13.1. The van der Waals surface area contributed by atoms with Crippen LogP contribution in [0.15, 0.2) is 18.2 Å². The van der Waals surface area contributed by atoms with E-state index in [-0.39, 0.29) is 12.1 Å². The van der Waals surface area contributed by atoms with E-state index >= 15 is 0 Å². The van der Waals surface area contributed by atoms with Crippen LogP contribution in [-0.4, -0.2) is 24.4 Å². The first-order chi connectivity index (χ1) is 7.89. The van der Waals surface area contributed by atoms with E-state index < -0.39 is 0 Å². The summed E-state index contributed by atoms with van der Waals surface area (Å²) in [6.07, 6.45) is 0. The first kappa shape index (κ1) is 13.8. The maximum atomic E-state index is 9.26. The van der Waals surface area contributed by atoms with Gasteiger partial charge in [-0.1, -0.05) is 19.9 Å². The summed E-state index contributed by atoms with van der Waals surface area (Å²) in [6.45, 7) is 8.27. The third-order valence-corrected chi connectivity index (χ3v) is 2.76. The van der Waals surface area contributed by atoms with Gasteiger partial charge in [-0.15, -0.1) is 0 Å². The SMILES string of the molecule is COc1cc(C(C)C)ccc1NC(C)(C)CO. The van der Waals surface area contributed by atoms with Crippen LogP contribution in [0.1, 0.15) is 39.2 Å². The Morgan fingerprint density at radius 2 is 2.00 bits per heavy atom. The van der Waals surface area contributed by atoms with Crippen molar-refractivity contribution < 1.29 is 9.84 Å². The summed E-state index contributed by atoms with van der Waals surface area (Å²) in [5.41, 5.74) is 1.80. The summed E-state index contributed by atoms with van der Waals surface area (Å²) in [6, 6.07) is 6.13. The highest BCUT2D eigenvalue weighted by Crippen LogP contribution is 2.30. The highest BCUT2D eigenvalue weighted by Gasteiger charge is 2.18. The minimum atomic E-state index is -0.355. The van der Waals surface area contributed by atoms with Crippen LogP contribution >= 0.6 is 0 Å². The van der Waals surface area contributed by atoms with E-state index in [4.69, 9.17) is 4.74 Å². The van der Waals surface area contributed by atoms with Crippen molar-refractivity contribution in [1.29, 1.82) is 0 Å². The summed E-state index contributed by atoms with van der Waals surface area (Å²) in [5.74, 6) is 1.29. The van der Waals surface area contributed by atoms with Crippen molar-refractivity contribution in [3.8, 4) is 5.75 Å². The van der Waals surface area contributed by atoms with Gasteiger partial charge in [0.15, 0.2) is 0 Å². The number of aliphatic hydroxyl groups excluding tert-OH is 1. The molecule has 0 radical (unpaired) electrons. The molecule has 0 unspecified atom stereocenters. The van der Waals surface area contributed by atoms with Gasteiger partial charge in [0.2, 0.25) is 0 Å². The van der Waals surface area contributed by atoms with Gasteiger partial charge >= 0.3 is 0 Å². The summed E-state index contributed by atoms with van der Waals surface area (Å²) >= 11 is 0. The second-order valence-corrected chi connectivity index (χ2v) is 5.28. The minimum Gasteiger partial charge on any atom is -0.495 e. The fraction of sp³-hybridized carbons (Fsp3) is 0.571. The van der Waals surface area contributed by atoms with Crippen molar-refractivity contribution in [2.24, 2.45) is 0 Å². The van der Waals surface area contributed by atoms with E-state index in [9.17, 15) is 5.11 Å². The number of nitrogens with one attached hydrogen (secondary N) is 1. The molecule has 3 nitrogen and oxygen atoms in total. The highest BCUT2D eigenvalue weighted by atomic mass is 16.5. The van der Waals surface area contributed by atoms with E-state index in [1.54, 1.807) is 7.11 Å². The lowest BCUT2D eigenvalue weighted by molar-refractivity contribution is 0.234. The number of aliphatic hydroxyl groups is 1. The molecule has 1 aromatic rings. The Balaban J connectivity index is 3.01. The topological polar surface area (TPSA) is 41.5 Å². The van der Waals surface area contributed by atoms with Gasteiger partial charge in [0.05, 0.1) is 24.9 Å². The van der Waals surface area contributed by atoms with Crippen molar-refractivity contribution in [1.82, 2.24) is 0 Å². The van der Waals surface area contributed by atoms with Crippen LogP contribution in [0.25, 0.3) is 0 Å². The molecule has 0 atom stereocenters. The number of hydrogen-bond acceptors (Lipinski definition) is 3. The van der Waals surface area contributed by atoms with Crippen molar-refractivity contribution >= 4 is 5.69 Å². The number of hydrogen-bond donors (Lipinski definition) is 2. The number of anilines is 1. The third kappa shape index (κ3) is 3.63. The Kier molecular flexibility index (Phi) is 4.40. The molecule has 0 saturated heterocycles. The number of benzene rings is 1. The van der Waals surface area contributed by atoms with Crippen LogP contribution in [0.3, 0.4) is 0 Å². The Hall–Kier alpha value is -1.22. The molecule has 2 N–H and O–H groups in total. The van der Waals surface area contributed by atoms with Gasteiger partial charge in [-0.25, -0.2) is 0 Å². The first-order valence-corrected chi connectivity index (χ1v) is 5.96. The summed E-state index contributed by atoms with van der Waals surface area (Å²) < 4.78 is 5.38. The lowest BCUT2D eigenvalue weighted by Gasteiger charge is -2.26. The van der Waals surface area contributed by atoms with Gasteiger partial charge in [0.25, 0.3) is 0 Å². The monoisotopic (exact) mass is 237 g/mol. The minimum absolute atomic E-state index is 0.0715. The quantitative estimate of drug-likeness (QED) is 0.827. The molecule has 0 aliphatic rings. The number of rotatable bonds is 5. The molecule has 0 spiro atoms. The van der Waals surface area contributed by atoms with Crippen LogP contribution in [0, 0.1) is 0 Å². The van der Waals surface area contributed by atoms with Gasteiger partial charge in [0.1, 0.15) is 5.75 Å². The molecular formula is C14H23NO2. The molecular weight excluding hydrogens is 214 g/mol. The molecule has 0 heterocycles. The van der Waals surface area contributed by atoms with Gasteiger partial charge < -0.3 is 15.2 Å². The van der Waals surface area contributed by atoms with Gasteiger partial charge in [-0.05, 0) is 37.5 Å². The van der Waals surface area contributed by atoms with Crippen LogP contribution in [0.5, 0.6) is 5.75 Å². The Morgan fingerprint density at radius 1 is 1.35 bits per heavy atom. The lowest BCUT2D eigenvalue weighted by Crippen LogP contribution is -2.35. The van der Waals surface area contributed by atoms with Gasteiger partial charge in [0, 0.05) is 0 Å². The van der Waals surface area contributed by atoms with E-state index in [1.807, 2.05) is 26.0 Å². The van der Waals surface area contributed by atoms with Crippen LogP contribution in [-0.2, 0) is 0 Å². The predicted molar refractivity (Wildman–Crippen MR) is 71.9 cm³/mol. The zero-order valence-electron chi connectivity index (χ0n) is 11.4. The summed E-state index contributed by atoms with van der Waals surface area (Å²) in [5, 5.41) is 12.5. The standard InChI is InChI=1S/C14H23NO2/c1-10(2)11-6-7-12(13(8-11)17-5)15-14(3,4)9-16/h6-8,10,15-16H,9H2,1-5H3. The predicted octanol–water partition coefficient (Wildman–Crippen LogP) is 3.00. The van der Waals surface area contributed by atoms with E-state index in [2.05, 4.69) is 25.2 Å². The average Bonchev–Trinajstić information content (AvgIpc) is 2.29. The molecule has 0 bridgehead atoms. The maximum absolute atomic E-state index is 9.26. The molecule has 0 fully saturated rings. The number of ether oxygens (including phenoxy) is 1. The normalized spacial score (nSPS) is 11.7. The zero-order valence-corrected chi connectivity index (χ0v) is 11.4. The van der Waals surface area contributed by atoms with Crippen LogP contribution < -0.4 is 10.1 Å². The Labute approximate surface area is 104 Å². The van der Waals surface area contributed by atoms with E-state index in [0.717, 1.165) is 11.4 Å². The summed E-state index contributed by atoms with van der Waals surface area (Å²) in [7, 11) is 1.66. The lowest BCUT2D eigenvalue weighted by atomic mass is 10.0. The maximum Gasteiger partial charge on any atom is 0.142 e. The first-order valence-electron chi connectivity index (χ1n) is 5.96. The fourth-order valence-electron chi connectivity index (χ4n) is 1.57. The van der Waals surface area contributed by atoms with Gasteiger partial charge in [-0.3, -0.25) is 0 Å². The molecule has 96 valence electrons. The summed E-state index contributed by atoms with van der Waals surface area (Å²) in [4.78, 5) is 0. The van der Waals surface area contributed by atoms with Crippen molar-refractivity contribution in [2.45, 2.75) is 39.2 Å². The average molecular weight is 237 g/mol. The van der Waals surface area contributed by atoms with E-state index in [1.165, 1.54) is 5.56 Å². The molecule has 1 aromatic carbocycles. The molecule has 0 aliphatic heterocycles. The Morgan fingerprint density at radius 3 is 2.47 bits per heavy atom. The van der Waals surface area contributed by atoms with Crippen molar-refractivity contribution in [3.63, 3.8) is 0 Å². The molecule has 3 heteroatoms. The molecule has 0 amide bonds. The van der Waals surface area contributed by atoms with Crippen LogP contribution in [0.2, 0.25) is 0 Å². The second-order valence-electron chi connectivity index (χ2n) is 5.28. The highest BCUT2D eigenvalue weighted by molar-refractivity contribution is 5.59. The fourth-order valence-corrected chi connectivity index (χ4v) is 1.57.